The smallest absolute Gasteiger partial charge is 0.406 e. The van der Waals surface area contributed by atoms with Gasteiger partial charge in [-0.25, -0.2) is 0 Å². The fourth-order valence-electron chi connectivity index (χ4n) is 5.03. The number of hydrogen-bond acceptors (Lipinski definition) is 5. The van der Waals surface area contributed by atoms with E-state index in [1.807, 2.05) is 23.1 Å². The number of amides is 1. The van der Waals surface area contributed by atoms with Crippen molar-refractivity contribution in [2.24, 2.45) is 11.8 Å². The Bertz CT molecular complexity index is 1190. The van der Waals surface area contributed by atoms with Crippen LogP contribution in [0.5, 0.6) is 5.75 Å². The molecular weight excluding hydrogens is 459 g/mol. The van der Waals surface area contributed by atoms with Gasteiger partial charge in [0.05, 0.1) is 0 Å². The third-order valence-corrected chi connectivity index (χ3v) is 6.82. The van der Waals surface area contributed by atoms with Gasteiger partial charge in [-0.15, -0.1) is 13.2 Å². The van der Waals surface area contributed by atoms with E-state index in [1.54, 1.807) is 18.2 Å². The molecule has 2 fully saturated rings. The van der Waals surface area contributed by atoms with E-state index in [2.05, 4.69) is 31.2 Å². The molecule has 1 aromatic heterocycles. The molecule has 7 nitrogen and oxygen atoms in total. The van der Waals surface area contributed by atoms with Gasteiger partial charge in [-0.3, -0.25) is 4.79 Å². The van der Waals surface area contributed by atoms with Crippen molar-refractivity contribution >= 4 is 16.9 Å². The summed E-state index contributed by atoms with van der Waals surface area (Å²) in [5.41, 5.74) is 2.99. The Hall–Kier alpha value is -3.56. The minimum Gasteiger partial charge on any atom is -0.406 e. The average Bonchev–Trinajstić information content (AvgIpc) is 3.40. The SMILES string of the molecule is O=C(c1ccc2n[nH]nc2c1)N1CC[C@@H]2CN(/C=C/Cc3ccc(OC(F)(F)F)cc3)C[C@@H]2CC1. The Morgan fingerprint density at radius 1 is 1.03 bits per heavy atom. The van der Waals surface area contributed by atoms with Gasteiger partial charge in [0.15, 0.2) is 0 Å². The van der Waals surface area contributed by atoms with Gasteiger partial charge in [0.1, 0.15) is 16.8 Å². The lowest BCUT2D eigenvalue weighted by atomic mass is 9.92. The van der Waals surface area contributed by atoms with Crippen LogP contribution in [0.15, 0.2) is 54.7 Å². The van der Waals surface area contributed by atoms with Crippen molar-refractivity contribution in [1.82, 2.24) is 25.2 Å². The van der Waals surface area contributed by atoms with Crippen LogP contribution in [-0.4, -0.2) is 63.7 Å². The Balaban J connectivity index is 1.11. The lowest BCUT2D eigenvalue weighted by Crippen LogP contribution is -2.32. The molecule has 0 unspecified atom stereocenters. The summed E-state index contributed by atoms with van der Waals surface area (Å²) in [6.07, 6.45) is 2.02. The maximum absolute atomic E-state index is 13.0. The van der Waals surface area contributed by atoms with Crippen molar-refractivity contribution in [3.63, 3.8) is 0 Å². The van der Waals surface area contributed by atoms with Crippen LogP contribution in [0, 0.1) is 11.8 Å². The number of likely N-dealkylation sites (tertiary alicyclic amines) is 2. The fraction of sp³-hybridized carbons (Fsp3) is 0.400. The zero-order valence-corrected chi connectivity index (χ0v) is 19.0. The molecule has 2 aromatic carbocycles. The van der Waals surface area contributed by atoms with Crippen LogP contribution in [-0.2, 0) is 6.42 Å². The van der Waals surface area contributed by atoms with E-state index in [-0.39, 0.29) is 11.7 Å². The number of H-pyrrole nitrogens is 1. The van der Waals surface area contributed by atoms with Gasteiger partial charge in [0.2, 0.25) is 0 Å². The van der Waals surface area contributed by atoms with Crippen molar-refractivity contribution in [3.05, 3.63) is 65.9 Å². The van der Waals surface area contributed by atoms with Gasteiger partial charge in [-0.2, -0.15) is 15.4 Å². The largest absolute Gasteiger partial charge is 0.573 e. The summed E-state index contributed by atoms with van der Waals surface area (Å²) < 4.78 is 40.8. The first-order valence-corrected chi connectivity index (χ1v) is 11.7. The highest BCUT2D eigenvalue weighted by molar-refractivity contribution is 5.97. The molecule has 35 heavy (non-hydrogen) atoms. The summed E-state index contributed by atoms with van der Waals surface area (Å²) in [5.74, 6) is 0.901. The number of alkyl halides is 3. The number of carbonyl (C=O) groups is 1. The summed E-state index contributed by atoms with van der Waals surface area (Å²) in [6.45, 7) is 3.38. The summed E-state index contributed by atoms with van der Waals surface area (Å²) >= 11 is 0. The van der Waals surface area contributed by atoms with Crippen LogP contribution < -0.4 is 4.74 Å². The molecule has 0 radical (unpaired) electrons. The normalized spacial score (nSPS) is 20.9. The fourth-order valence-corrected chi connectivity index (χ4v) is 5.03. The van der Waals surface area contributed by atoms with Gasteiger partial charge in [-0.05, 0) is 73.2 Å². The third kappa shape index (κ3) is 5.58. The molecule has 0 saturated carbocycles. The minimum atomic E-state index is -4.68. The summed E-state index contributed by atoms with van der Waals surface area (Å²) in [5, 5.41) is 10.7. The number of hydrogen-bond donors (Lipinski definition) is 1. The lowest BCUT2D eigenvalue weighted by molar-refractivity contribution is -0.274. The van der Waals surface area contributed by atoms with Crippen LogP contribution in [0.1, 0.15) is 28.8 Å². The number of nitrogens with one attached hydrogen (secondary N) is 1. The zero-order valence-electron chi connectivity index (χ0n) is 19.0. The number of benzene rings is 2. The van der Waals surface area contributed by atoms with Crippen molar-refractivity contribution in [3.8, 4) is 5.75 Å². The van der Waals surface area contributed by atoms with Crippen LogP contribution in [0.4, 0.5) is 13.2 Å². The quantitative estimate of drug-likeness (QED) is 0.580. The Kier molecular flexibility index (Phi) is 6.36. The third-order valence-electron chi connectivity index (χ3n) is 6.82. The van der Waals surface area contributed by atoms with Crippen LogP contribution in [0.3, 0.4) is 0 Å². The predicted octanol–water partition coefficient (Wildman–Crippen LogP) is 4.40. The standard InChI is InChI=1S/C25H26F3N5O2/c26-25(27,28)35-21-6-3-17(4-7-21)2-1-11-32-15-19-9-12-33(13-10-20(19)16-32)24(34)18-5-8-22-23(14-18)30-31-29-22/h1,3-8,11,14,19-20H,2,9-10,12-13,15-16H2,(H,29,30,31)/b11-1+/t19-,20+. The number of carbonyl (C=O) groups excluding carboxylic acids is 1. The molecule has 2 aliphatic rings. The maximum Gasteiger partial charge on any atom is 0.573 e. The van der Waals surface area contributed by atoms with Gasteiger partial charge in [0, 0.05) is 31.7 Å². The van der Waals surface area contributed by atoms with Crippen LogP contribution in [0.25, 0.3) is 11.0 Å². The minimum absolute atomic E-state index is 0.0401. The summed E-state index contributed by atoms with van der Waals surface area (Å²) in [6, 6.07) is 11.4. The molecule has 1 N–H and O–H groups in total. The van der Waals surface area contributed by atoms with E-state index >= 15 is 0 Å². The number of rotatable bonds is 5. The number of ether oxygens (including phenoxy) is 1. The summed E-state index contributed by atoms with van der Waals surface area (Å²) in [7, 11) is 0. The number of aromatic nitrogens is 3. The molecule has 0 aliphatic carbocycles. The first-order chi connectivity index (χ1) is 16.8. The number of aromatic amines is 1. The molecule has 10 heteroatoms. The highest BCUT2D eigenvalue weighted by atomic mass is 19.4. The van der Waals surface area contributed by atoms with Crippen molar-refractivity contribution in [1.29, 1.82) is 0 Å². The van der Waals surface area contributed by atoms with E-state index in [9.17, 15) is 18.0 Å². The zero-order chi connectivity index (χ0) is 24.4. The average molecular weight is 486 g/mol. The van der Waals surface area contributed by atoms with E-state index in [0.717, 1.165) is 50.1 Å². The van der Waals surface area contributed by atoms with E-state index < -0.39 is 6.36 Å². The van der Waals surface area contributed by atoms with E-state index in [1.165, 1.54) is 12.1 Å². The first-order valence-electron chi connectivity index (χ1n) is 11.7. The second-order valence-electron chi connectivity index (χ2n) is 9.15. The Morgan fingerprint density at radius 3 is 2.40 bits per heavy atom. The lowest BCUT2D eigenvalue weighted by Gasteiger charge is -2.22. The number of halogens is 3. The highest BCUT2D eigenvalue weighted by Gasteiger charge is 2.35. The predicted molar refractivity (Wildman–Crippen MR) is 124 cm³/mol. The molecular formula is C25H26F3N5O2. The molecule has 1 amide bonds. The maximum atomic E-state index is 13.0. The van der Waals surface area contributed by atoms with Crippen molar-refractivity contribution in [2.75, 3.05) is 26.2 Å². The van der Waals surface area contributed by atoms with E-state index in [4.69, 9.17) is 0 Å². The molecule has 3 heterocycles. The van der Waals surface area contributed by atoms with Gasteiger partial charge >= 0.3 is 6.36 Å². The van der Waals surface area contributed by atoms with Gasteiger partial charge < -0.3 is 14.5 Å². The molecule has 184 valence electrons. The number of nitrogens with zero attached hydrogens (tertiary/aromatic N) is 4. The highest BCUT2D eigenvalue weighted by Crippen LogP contribution is 2.32. The van der Waals surface area contributed by atoms with Gasteiger partial charge in [0.25, 0.3) is 5.91 Å². The van der Waals surface area contributed by atoms with Gasteiger partial charge in [-0.1, -0.05) is 18.2 Å². The second-order valence-corrected chi connectivity index (χ2v) is 9.15. The molecule has 5 rings (SSSR count). The monoisotopic (exact) mass is 485 g/mol. The van der Waals surface area contributed by atoms with Crippen LogP contribution >= 0.6 is 0 Å². The molecule has 2 saturated heterocycles. The Morgan fingerprint density at radius 2 is 1.71 bits per heavy atom. The topological polar surface area (TPSA) is 74.4 Å². The van der Waals surface area contributed by atoms with Crippen molar-refractivity contribution in [2.45, 2.75) is 25.6 Å². The molecule has 2 aliphatic heterocycles. The molecule has 3 aromatic rings. The molecule has 2 atom stereocenters. The number of allylic oxidation sites excluding steroid dienone is 1. The number of fused-ring (bicyclic) bond motifs is 2. The van der Waals surface area contributed by atoms with E-state index in [0.29, 0.717) is 29.3 Å². The first kappa shape index (κ1) is 23.2. The molecule has 0 bridgehead atoms. The Labute approximate surface area is 200 Å². The second kappa shape index (κ2) is 9.59. The summed E-state index contributed by atoms with van der Waals surface area (Å²) in [4.78, 5) is 17.3. The van der Waals surface area contributed by atoms with Crippen molar-refractivity contribution < 1.29 is 22.7 Å². The molecule has 0 spiro atoms. The van der Waals surface area contributed by atoms with Crippen LogP contribution in [0.2, 0.25) is 0 Å².